The maximum absolute atomic E-state index is 6.41. The Bertz CT molecular complexity index is 203. The number of nitrogens with one attached hydrogen (secondary N) is 1. The van der Waals surface area contributed by atoms with Gasteiger partial charge in [-0.1, -0.05) is 6.92 Å². The zero-order valence-electron chi connectivity index (χ0n) is 9.42. The van der Waals surface area contributed by atoms with Crippen LogP contribution in [0.3, 0.4) is 0 Å². The summed E-state index contributed by atoms with van der Waals surface area (Å²) in [6.07, 6.45) is 2.40. The molecule has 0 radical (unpaired) electrons. The van der Waals surface area contributed by atoms with Gasteiger partial charge in [0.05, 0.1) is 0 Å². The second-order valence-electron chi connectivity index (χ2n) is 5.05. The smallest absolute Gasteiger partial charge is 0.0266 e. The molecule has 0 amide bonds. The quantitative estimate of drug-likeness (QED) is 0.639. The van der Waals surface area contributed by atoms with Gasteiger partial charge in [0.2, 0.25) is 0 Å². The van der Waals surface area contributed by atoms with E-state index in [-0.39, 0.29) is 5.54 Å². The van der Waals surface area contributed by atoms with Crippen LogP contribution < -0.4 is 11.1 Å². The van der Waals surface area contributed by atoms with Crippen molar-refractivity contribution >= 4 is 0 Å². The van der Waals surface area contributed by atoms with Gasteiger partial charge in [-0.3, -0.25) is 4.90 Å². The van der Waals surface area contributed by atoms with Crippen molar-refractivity contribution in [1.82, 2.24) is 10.2 Å². The average molecular weight is 197 g/mol. The van der Waals surface area contributed by atoms with Crippen LogP contribution in [-0.2, 0) is 0 Å². The minimum absolute atomic E-state index is 0.0398. The van der Waals surface area contributed by atoms with Crippen molar-refractivity contribution in [3.63, 3.8) is 0 Å². The molecule has 0 aliphatic carbocycles. The summed E-state index contributed by atoms with van der Waals surface area (Å²) in [5, 5.41) is 3.52. The minimum atomic E-state index is 0.0398. The first-order chi connectivity index (χ1) is 6.65. The van der Waals surface area contributed by atoms with Crippen molar-refractivity contribution in [2.75, 3.05) is 26.2 Å². The molecule has 2 saturated heterocycles. The Morgan fingerprint density at radius 1 is 1.57 bits per heavy atom. The average Bonchev–Trinajstić information content (AvgIpc) is 2.50. The van der Waals surface area contributed by atoms with Crippen molar-refractivity contribution in [2.45, 2.75) is 38.3 Å². The molecule has 0 aromatic carbocycles. The third kappa shape index (κ3) is 1.69. The summed E-state index contributed by atoms with van der Waals surface area (Å²) < 4.78 is 0. The van der Waals surface area contributed by atoms with E-state index < -0.39 is 0 Å². The van der Waals surface area contributed by atoms with Gasteiger partial charge in [0.15, 0.2) is 0 Å². The second kappa shape index (κ2) is 3.80. The fourth-order valence-corrected chi connectivity index (χ4v) is 3.14. The molecule has 3 nitrogen and oxygen atoms in total. The first-order valence-electron chi connectivity index (χ1n) is 5.89. The Morgan fingerprint density at radius 3 is 3.07 bits per heavy atom. The SMILES string of the molecule is CCN1CCC2C1CNCCC2(C)N. The summed E-state index contributed by atoms with van der Waals surface area (Å²) in [5.41, 5.74) is 6.45. The zero-order chi connectivity index (χ0) is 10.2. The van der Waals surface area contributed by atoms with E-state index in [1.165, 1.54) is 19.5 Å². The number of nitrogens with zero attached hydrogens (tertiary/aromatic N) is 1. The second-order valence-corrected chi connectivity index (χ2v) is 5.05. The highest BCUT2D eigenvalue weighted by atomic mass is 15.2. The molecule has 3 unspecified atom stereocenters. The summed E-state index contributed by atoms with van der Waals surface area (Å²) in [6.45, 7) is 9.10. The van der Waals surface area contributed by atoms with Gasteiger partial charge in [-0.25, -0.2) is 0 Å². The zero-order valence-corrected chi connectivity index (χ0v) is 9.42. The van der Waals surface area contributed by atoms with Gasteiger partial charge in [-0.15, -0.1) is 0 Å². The van der Waals surface area contributed by atoms with Crippen LogP contribution >= 0.6 is 0 Å². The predicted molar refractivity (Wildman–Crippen MR) is 59.2 cm³/mol. The summed E-state index contributed by atoms with van der Waals surface area (Å²) in [6, 6.07) is 0.678. The number of fused-ring (bicyclic) bond motifs is 1. The van der Waals surface area contributed by atoms with E-state index >= 15 is 0 Å². The van der Waals surface area contributed by atoms with E-state index in [1.807, 2.05) is 0 Å². The predicted octanol–water partition coefficient (Wildman–Crippen LogP) is 0.408. The molecule has 82 valence electrons. The monoisotopic (exact) mass is 197 g/mol. The molecule has 0 aromatic rings. The van der Waals surface area contributed by atoms with Crippen LogP contribution in [0.5, 0.6) is 0 Å². The highest BCUT2D eigenvalue weighted by Gasteiger charge is 2.43. The van der Waals surface area contributed by atoms with Crippen LogP contribution in [-0.4, -0.2) is 42.7 Å². The number of hydrogen-bond donors (Lipinski definition) is 2. The van der Waals surface area contributed by atoms with Crippen LogP contribution in [0.15, 0.2) is 0 Å². The van der Waals surface area contributed by atoms with E-state index in [0.29, 0.717) is 12.0 Å². The molecule has 3 N–H and O–H groups in total. The lowest BCUT2D eigenvalue weighted by Gasteiger charge is -2.34. The lowest BCUT2D eigenvalue weighted by molar-refractivity contribution is 0.197. The van der Waals surface area contributed by atoms with Crippen LogP contribution in [0.2, 0.25) is 0 Å². The minimum Gasteiger partial charge on any atom is -0.325 e. The van der Waals surface area contributed by atoms with E-state index in [9.17, 15) is 0 Å². The molecule has 0 aromatic heterocycles. The fourth-order valence-electron chi connectivity index (χ4n) is 3.14. The van der Waals surface area contributed by atoms with Crippen molar-refractivity contribution in [2.24, 2.45) is 11.7 Å². The molecule has 0 spiro atoms. The van der Waals surface area contributed by atoms with Crippen molar-refractivity contribution in [1.29, 1.82) is 0 Å². The van der Waals surface area contributed by atoms with E-state index in [4.69, 9.17) is 5.73 Å². The van der Waals surface area contributed by atoms with Gasteiger partial charge in [-0.05, 0) is 45.3 Å². The third-order valence-corrected chi connectivity index (χ3v) is 4.11. The topological polar surface area (TPSA) is 41.3 Å². The number of rotatable bonds is 1. The van der Waals surface area contributed by atoms with Crippen molar-refractivity contribution < 1.29 is 0 Å². The summed E-state index contributed by atoms with van der Waals surface area (Å²) in [4.78, 5) is 2.58. The van der Waals surface area contributed by atoms with Crippen molar-refractivity contribution in [3.05, 3.63) is 0 Å². The Morgan fingerprint density at radius 2 is 2.36 bits per heavy atom. The molecule has 2 aliphatic rings. The van der Waals surface area contributed by atoms with Gasteiger partial charge < -0.3 is 11.1 Å². The summed E-state index contributed by atoms with van der Waals surface area (Å²) in [7, 11) is 0. The Kier molecular flexibility index (Phi) is 2.82. The highest BCUT2D eigenvalue weighted by Crippen LogP contribution is 2.34. The van der Waals surface area contributed by atoms with Crippen LogP contribution in [0.4, 0.5) is 0 Å². The third-order valence-electron chi connectivity index (χ3n) is 4.11. The standard InChI is InChI=1S/C11H23N3/c1-3-14-7-4-9-10(14)8-13-6-5-11(9,2)12/h9-10,13H,3-8,12H2,1-2H3. The molecule has 14 heavy (non-hydrogen) atoms. The summed E-state index contributed by atoms with van der Waals surface area (Å²) in [5.74, 6) is 0.692. The Hall–Kier alpha value is -0.120. The Labute approximate surface area is 87.0 Å². The van der Waals surface area contributed by atoms with Crippen LogP contribution in [0, 0.1) is 5.92 Å². The molecule has 2 rings (SSSR count). The van der Waals surface area contributed by atoms with E-state index in [2.05, 4.69) is 24.1 Å². The molecule has 2 fully saturated rings. The Balaban J connectivity index is 2.15. The fraction of sp³-hybridized carbons (Fsp3) is 1.00. The van der Waals surface area contributed by atoms with E-state index in [1.54, 1.807) is 0 Å². The molecule has 3 atom stereocenters. The lowest BCUT2D eigenvalue weighted by atomic mass is 9.80. The largest absolute Gasteiger partial charge is 0.325 e. The molecular formula is C11H23N3. The van der Waals surface area contributed by atoms with Crippen LogP contribution in [0.25, 0.3) is 0 Å². The lowest BCUT2D eigenvalue weighted by Crippen LogP contribution is -2.49. The van der Waals surface area contributed by atoms with Crippen molar-refractivity contribution in [3.8, 4) is 0 Å². The number of likely N-dealkylation sites (N-methyl/N-ethyl adjacent to an activating group) is 1. The number of likely N-dealkylation sites (tertiary alicyclic amines) is 1. The first kappa shape index (κ1) is 10.4. The molecular weight excluding hydrogens is 174 g/mol. The van der Waals surface area contributed by atoms with Gasteiger partial charge in [0.25, 0.3) is 0 Å². The normalized spacial score (nSPS) is 44.8. The summed E-state index contributed by atoms with van der Waals surface area (Å²) >= 11 is 0. The molecule has 0 saturated carbocycles. The maximum Gasteiger partial charge on any atom is 0.0266 e. The van der Waals surface area contributed by atoms with Gasteiger partial charge in [0.1, 0.15) is 0 Å². The first-order valence-corrected chi connectivity index (χ1v) is 5.89. The highest BCUT2D eigenvalue weighted by molar-refractivity contribution is 5.02. The number of nitrogens with two attached hydrogens (primary N) is 1. The number of hydrogen-bond acceptors (Lipinski definition) is 3. The van der Waals surface area contributed by atoms with Gasteiger partial charge >= 0.3 is 0 Å². The molecule has 2 aliphatic heterocycles. The molecule has 0 bridgehead atoms. The van der Waals surface area contributed by atoms with Gasteiger partial charge in [0, 0.05) is 18.1 Å². The molecule has 3 heteroatoms. The van der Waals surface area contributed by atoms with Gasteiger partial charge in [-0.2, -0.15) is 0 Å². The van der Waals surface area contributed by atoms with Crippen LogP contribution in [0.1, 0.15) is 26.7 Å². The molecule has 2 heterocycles. The van der Waals surface area contributed by atoms with E-state index in [0.717, 1.165) is 19.5 Å². The maximum atomic E-state index is 6.41.